The third-order valence-electron chi connectivity index (χ3n) is 2.46. The molecule has 10 heteroatoms. The van der Waals surface area contributed by atoms with E-state index in [1.54, 1.807) is 0 Å². The fourth-order valence-electron chi connectivity index (χ4n) is 1.48. The first-order chi connectivity index (χ1) is 10.9. The van der Waals surface area contributed by atoms with Crippen molar-refractivity contribution >= 4 is 40.9 Å². The molecule has 0 unspecified atom stereocenters. The number of carbonyl (C=O) groups excluding carboxylic acids is 1. The number of thioether (sulfide) groups is 1. The van der Waals surface area contributed by atoms with Crippen molar-refractivity contribution in [3.05, 3.63) is 46.7 Å². The van der Waals surface area contributed by atoms with E-state index in [0.717, 1.165) is 30.1 Å². The number of nitrogens with zero attached hydrogens (tertiary/aromatic N) is 2. The number of halogens is 3. The Labute approximate surface area is 137 Å². The minimum absolute atomic E-state index is 0.0292. The van der Waals surface area contributed by atoms with Crippen molar-refractivity contribution in [1.82, 2.24) is 9.97 Å². The van der Waals surface area contributed by atoms with Crippen LogP contribution in [0.3, 0.4) is 0 Å². The molecule has 2 aromatic rings. The van der Waals surface area contributed by atoms with Crippen LogP contribution in [0, 0.1) is 11.6 Å². The third kappa shape index (κ3) is 4.60. The Hall–Kier alpha value is -2.26. The van der Waals surface area contributed by atoms with Crippen LogP contribution in [-0.2, 0) is 4.79 Å². The van der Waals surface area contributed by atoms with Crippen LogP contribution in [0.1, 0.15) is 10.5 Å². The number of aromatic carboxylic acids is 1. The summed E-state index contributed by atoms with van der Waals surface area (Å²) in [5.41, 5.74) is -0.547. The lowest BCUT2D eigenvalue weighted by Gasteiger charge is -2.06. The molecule has 2 N–H and O–H groups in total. The van der Waals surface area contributed by atoms with Crippen LogP contribution in [0.5, 0.6) is 0 Å². The van der Waals surface area contributed by atoms with Gasteiger partial charge in [0.25, 0.3) is 0 Å². The first-order valence-corrected chi connectivity index (χ1v) is 7.36. The number of carbonyl (C=O) groups is 2. The van der Waals surface area contributed by atoms with Gasteiger partial charge < -0.3 is 10.4 Å². The standard InChI is InChI=1S/C13H8ClF2N3O3S/c14-7-4-17-13(19-11(7)12(21)22)23-5-10(20)18-9-2-1-6(15)3-8(9)16/h1-4H,5H2,(H,18,20)(H,21,22). The highest BCUT2D eigenvalue weighted by Crippen LogP contribution is 2.19. The number of benzene rings is 1. The SMILES string of the molecule is O=C(CSc1ncc(Cl)c(C(=O)O)n1)Nc1ccc(F)cc1F. The molecule has 0 aliphatic carbocycles. The van der Waals surface area contributed by atoms with E-state index in [0.29, 0.717) is 6.07 Å². The second-order valence-corrected chi connectivity index (χ2v) is 5.46. The largest absolute Gasteiger partial charge is 0.476 e. The molecule has 1 aromatic carbocycles. The van der Waals surface area contributed by atoms with Gasteiger partial charge >= 0.3 is 5.97 Å². The number of carboxylic acid groups (broad SMARTS) is 1. The van der Waals surface area contributed by atoms with Crippen LogP contribution in [0.2, 0.25) is 5.02 Å². The van der Waals surface area contributed by atoms with Gasteiger partial charge in [-0.1, -0.05) is 23.4 Å². The molecule has 1 aromatic heterocycles. The summed E-state index contributed by atoms with van der Waals surface area (Å²) in [6, 6.07) is 2.74. The summed E-state index contributed by atoms with van der Waals surface area (Å²) in [7, 11) is 0. The molecule has 6 nitrogen and oxygen atoms in total. The van der Waals surface area contributed by atoms with Crippen LogP contribution in [0.25, 0.3) is 0 Å². The molecule has 0 radical (unpaired) electrons. The summed E-state index contributed by atoms with van der Waals surface area (Å²) >= 11 is 6.47. The second-order valence-electron chi connectivity index (χ2n) is 4.12. The van der Waals surface area contributed by atoms with E-state index >= 15 is 0 Å². The molecule has 1 heterocycles. The fourth-order valence-corrected chi connectivity index (χ4v) is 2.27. The van der Waals surface area contributed by atoms with Crippen LogP contribution in [-0.4, -0.2) is 32.7 Å². The minimum atomic E-state index is -1.32. The van der Waals surface area contributed by atoms with Crippen molar-refractivity contribution in [1.29, 1.82) is 0 Å². The van der Waals surface area contributed by atoms with Crippen molar-refractivity contribution in [2.24, 2.45) is 0 Å². The van der Waals surface area contributed by atoms with Gasteiger partial charge in [0.05, 0.1) is 22.7 Å². The maximum Gasteiger partial charge on any atom is 0.356 e. The minimum Gasteiger partial charge on any atom is -0.476 e. The second kappa shape index (κ2) is 7.34. The Bertz CT molecular complexity index is 776. The number of hydrogen-bond acceptors (Lipinski definition) is 5. The third-order valence-corrected chi connectivity index (χ3v) is 3.60. The Balaban J connectivity index is 1.99. The smallest absolute Gasteiger partial charge is 0.356 e. The lowest BCUT2D eigenvalue weighted by Crippen LogP contribution is -2.15. The number of aromatic nitrogens is 2. The molecule has 0 bridgehead atoms. The summed E-state index contributed by atoms with van der Waals surface area (Å²) in [6.45, 7) is 0. The van der Waals surface area contributed by atoms with E-state index in [1.165, 1.54) is 0 Å². The van der Waals surface area contributed by atoms with Gasteiger partial charge in [0.15, 0.2) is 10.9 Å². The van der Waals surface area contributed by atoms with Crippen LogP contribution < -0.4 is 5.32 Å². The molecule has 1 amide bonds. The Morgan fingerprint density at radius 1 is 1.35 bits per heavy atom. The molecule has 23 heavy (non-hydrogen) atoms. The van der Waals surface area contributed by atoms with Crippen molar-refractivity contribution in [3.63, 3.8) is 0 Å². The number of amides is 1. The zero-order valence-electron chi connectivity index (χ0n) is 11.2. The van der Waals surface area contributed by atoms with Crippen LogP contribution in [0.15, 0.2) is 29.6 Å². The van der Waals surface area contributed by atoms with Crippen molar-refractivity contribution < 1.29 is 23.5 Å². The normalized spacial score (nSPS) is 10.4. The van der Waals surface area contributed by atoms with Gasteiger partial charge in [0.1, 0.15) is 11.6 Å². The summed E-state index contributed by atoms with van der Waals surface area (Å²) in [4.78, 5) is 30.1. The lowest BCUT2D eigenvalue weighted by atomic mass is 10.3. The molecule has 2 rings (SSSR count). The van der Waals surface area contributed by atoms with Gasteiger partial charge in [-0.25, -0.2) is 23.5 Å². The van der Waals surface area contributed by atoms with Gasteiger partial charge in [-0.2, -0.15) is 0 Å². The van der Waals surface area contributed by atoms with Gasteiger partial charge in [-0.05, 0) is 12.1 Å². The maximum absolute atomic E-state index is 13.4. The topological polar surface area (TPSA) is 92.2 Å². The molecular weight excluding hydrogens is 352 g/mol. The quantitative estimate of drug-likeness (QED) is 0.630. The number of carboxylic acids is 1. The van der Waals surface area contributed by atoms with E-state index in [4.69, 9.17) is 16.7 Å². The number of nitrogens with one attached hydrogen (secondary N) is 1. The monoisotopic (exact) mass is 359 g/mol. The van der Waals surface area contributed by atoms with E-state index in [2.05, 4.69) is 15.3 Å². The summed E-state index contributed by atoms with van der Waals surface area (Å²) in [5.74, 6) is -3.77. The average molecular weight is 360 g/mol. The molecule has 0 spiro atoms. The van der Waals surface area contributed by atoms with E-state index in [-0.39, 0.29) is 27.3 Å². The number of anilines is 1. The molecule has 0 aliphatic rings. The Morgan fingerprint density at radius 2 is 2.09 bits per heavy atom. The van der Waals surface area contributed by atoms with E-state index < -0.39 is 23.5 Å². The summed E-state index contributed by atoms with van der Waals surface area (Å²) in [5, 5.41) is 11.0. The highest BCUT2D eigenvalue weighted by molar-refractivity contribution is 7.99. The highest BCUT2D eigenvalue weighted by Gasteiger charge is 2.14. The molecule has 120 valence electrons. The Kier molecular flexibility index (Phi) is 5.45. The van der Waals surface area contributed by atoms with Crippen molar-refractivity contribution in [2.45, 2.75) is 5.16 Å². The van der Waals surface area contributed by atoms with E-state index in [1.807, 2.05) is 0 Å². The van der Waals surface area contributed by atoms with Gasteiger partial charge in [-0.3, -0.25) is 4.79 Å². The highest BCUT2D eigenvalue weighted by atomic mass is 35.5. The number of rotatable bonds is 5. The van der Waals surface area contributed by atoms with Crippen molar-refractivity contribution in [3.8, 4) is 0 Å². The zero-order valence-corrected chi connectivity index (χ0v) is 12.8. The molecular formula is C13H8ClF2N3O3S. The molecule has 0 fully saturated rings. The molecule has 0 saturated carbocycles. The molecule has 0 aliphatic heterocycles. The molecule has 0 atom stereocenters. The first kappa shape index (κ1) is 17.1. The Morgan fingerprint density at radius 3 is 2.74 bits per heavy atom. The summed E-state index contributed by atoms with van der Waals surface area (Å²) in [6.07, 6.45) is 1.11. The fraction of sp³-hybridized carbons (Fsp3) is 0.0769. The molecule has 0 saturated heterocycles. The van der Waals surface area contributed by atoms with Gasteiger partial charge in [-0.15, -0.1) is 0 Å². The van der Waals surface area contributed by atoms with E-state index in [9.17, 15) is 18.4 Å². The van der Waals surface area contributed by atoms with Crippen LogP contribution in [0.4, 0.5) is 14.5 Å². The zero-order chi connectivity index (χ0) is 17.0. The lowest BCUT2D eigenvalue weighted by molar-refractivity contribution is -0.113. The predicted molar refractivity (Wildman–Crippen MR) is 79.7 cm³/mol. The van der Waals surface area contributed by atoms with Crippen LogP contribution >= 0.6 is 23.4 Å². The predicted octanol–water partition coefficient (Wildman–Crippen LogP) is 2.84. The summed E-state index contributed by atoms with van der Waals surface area (Å²) < 4.78 is 26.2. The number of hydrogen-bond donors (Lipinski definition) is 2. The van der Waals surface area contributed by atoms with Gasteiger partial charge in [0, 0.05) is 6.07 Å². The first-order valence-electron chi connectivity index (χ1n) is 6.00. The van der Waals surface area contributed by atoms with Gasteiger partial charge in [0.2, 0.25) is 5.91 Å². The van der Waals surface area contributed by atoms with Crippen molar-refractivity contribution in [2.75, 3.05) is 11.1 Å². The average Bonchev–Trinajstić information content (AvgIpc) is 2.49. The maximum atomic E-state index is 13.4.